The Morgan fingerprint density at radius 2 is 1.84 bits per heavy atom. The van der Waals surface area contributed by atoms with Crippen molar-refractivity contribution < 1.29 is 23.8 Å². The molecule has 1 aromatic heterocycles. The number of nitrogens with one attached hydrogen (secondary N) is 1. The van der Waals surface area contributed by atoms with Crippen LogP contribution in [0.3, 0.4) is 0 Å². The van der Waals surface area contributed by atoms with E-state index in [4.69, 9.17) is 14.2 Å². The Hall–Kier alpha value is -4.07. The highest BCUT2D eigenvalue weighted by Gasteiger charge is 2.14. The van der Waals surface area contributed by atoms with Crippen molar-refractivity contribution in [2.24, 2.45) is 0 Å². The smallest absolute Gasteiger partial charge is 0.331 e. The predicted octanol–water partition coefficient (Wildman–Crippen LogP) is 3.46. The maximum Gasteiger partial charge on any atom is 0.331 e. The lowest BCUT2D eigenvalue weighted by Gasteiger charge is -2.18. The number of aromatic nitrogens is 2. The van der Waals surface area contributed by atoms with Crippen molar-refractivity contribution in [3.8, 4) is 17.2 Å². The lowest BCUT2D eigenvalue weighted by Crippen LogP contribution is -2.20. The molecule has 4 rings (SSSR count). The number of ether oxygens (including phenoxy) is 3. The van der Waals surface area contributed by atoms with E-state index in [2.05, 4.69) is 10.4 Å². The van der Waals surface area contributed by atoms with E-state index in [9.17, 15) is 9.59 Å². The molecule has 0 unspecified atom stereocenters. The molecule has 0 radical (unpaired) electrons. The fourth-order valence-electron chi connectivity index (χ4n) is 3.37. The van der Waals surface area contributed by atoms with Crippen molar-refractivity contribution >= 4 is 23.6 Å². The average Bonchev–Trinajstić information content (AvgIpc) is 3.10. The number of carbonyl (C=O) groups is 2. The van der Waals surface area contributed by atoms with E-state index in [1.165, 1.54) is 6.08 Å². The first-order valence-corrected chi connectivity index (χ1v) is 10.2. The van der Waals surface area contributed by atoms with Gasteiger partial charge in [-0.1, -0.05) is 18.2 Å². The zero-order chi connectivity index (χ0) is 22.5. The number of hydrogen-bond acceptors (Lipinski definition) is 6. The van der Waals surface area contributed by atoms with Crippen molar-refractivity contribution in [3.63, 3.8) is 0 Å². The van der Waals surface area contributed by atoms with Crippen LogP contribution in [0.5, 0.6) is 11.5 Å². The van der Waals surface area contributed by atoms with Gasteiger partial charge in [-0.2, -0.15) is 5.10 Å². The van der Waals surface area contributed by atoms with Gasteiger partial charge in [-0.05, 0) is 44.2 Å². The predicted molar refractivity (Wildman–Crippen MR) is 119 cm³/mol. The molecule has 2 aromatic carbocycles. The topological polar surface area (TPSA) is 91.7 Å². The number of fused-ring (bicyclic) bond motifs is 1. The largest absolute Gasteiger partial charge is 0.486 e. The second kappa shape index (κ2) is 9.38. The first-order valence-electron chi connectivity index (χ1n) is 10.2. The minimum absolute atomic E-state index is 0.404. The van der Waals surface area contributed by atoms with E-state index in [-0.39, 0.29) is 0 Å². The highest BCUT2D eigenvalue weighted by Crippen LogP contribution is 2.32. The van der Waals surface area contributed by atoms with Crippen molar-refractivity contribution in [1.29, 1.82) is 0 Å². The number of carbonyl (C=O) groups excluding carboxylic acids is 2. The number of para-hydroxylation sites is 1. The molecule has 1 aliphatic rings. The van der Waals surface area contributed by atoms with E-state index in [1.807, 2.05) is 48.9 Å². The number of amides is 1. The molecule has 0 atom stereocenters. The Bertz CT molecular complexity index is 1170. The van der Waals surface area contributed by atoms with Crippen molar-refractivity contribution in [2.45, 2.75) is 13.8 Å². The first kappa shape index (κ1) is 21.2. The van der Waals surface area contributed by atoms with Crippen LogP contribution in [0.4, 0.5) is 5.69 Å². The average molecular weight is 433 g/mol. The van der Waals surface area contributed by atoms with E-state index < -0.39 is 18.5 Å². The van der Waals surface area contributed by atoms with Gasteiger partial charge < -0.3 is 19.5 Å². The molecule has 0 spiro atoms. The Kier molecular flexibility index (Phi) is 6.21. The van der Waals surface area contributed by atoms with Gasteiger partial charge in [0.1, 0.15) is 13.2 Å². The second-order valence-electron chi connectivity index (χ2n) is 7.18. The zero-order valence-corrected chi connectivity index (χ0v) is 17.8. The number of aryl methyl sites for hydroxylation is 1. The molecule has 3 aromatic rings. The first-order chi connectivity index (χ1) is 15.5. The minimum Gasteiger partial charge on any atom is -0.486 e. The molecule has 0 bridgehead atoms. The lowest BCUT2D eigenvalue weighted by atomic mass is 10.2. The minimum atomic E-state index is -0.617. The van der Waals surface area contributed by atoms with Crippen molar-refractivity contribution in [3.05, 3.63) is 71.6 Å². The summed E-state index contributed by atoms with van der Waals surface area (Å²) in [6.45, 7) is 4.35. The summed E-state index contributed by atoms with van der Waals surface area (Å²) >= 11 is 0. The third kappa shape index (κ3) is 4.80. The van der Waals surface area contributed by atoms with Crippen LogP contribution in [0.1, 0.15) is 17.0 Å². The molecular formula is C24H23N3O5. The van der Waals surface area contributed by atoms with Gasteiger partial charge in [0.2, 0.25) is 0 Å². The van der Waals surface area contributed by atoms with Crippen molar-refractivity contribution in [1.82, 2.24) is 9.78 Å². The Morgan fingerprint density at radius 1 is 1.09 bits per heavy atom. The van der Waals surface area contributed by atoms with Crippen molar-refractivity contribution in [2.75, 3.05) is 25.1 Å². The summed E-state index contributed by atoms with van der Waals surface area (Å²) in [4.78, 5) is 24.2. The highest BCUT2D eigenvalue weighted by atomic mass is 16.6. The number of esters is 1. The Labute approximate surface area is 185 Å². The molecule has 1 amide bonds. The van der Waals surface area contributed by atoms with Crippen LogP contribution in [-0.4, -0.2) is 41.5 Å². The Morgan fingerprint density at radius 3 is 2.62 bits per heavy atom. The third-order valence-electron chi connectivity index (χ3n) is 4.91. The van der Waals surface area contributed by atoms with Gasteiger partial charge in [0, 0.05) is 29.1 Å². The summed E-state index contributed by atoms with van der Waals surface area (Å²) in [6, 6.07) is 14.8. The quantitative estimate of drug-likeness (QED) is 0.473. The number of nitrogens with zero attached hydrogens (tertiary/aromatic N) is 2. The van der Waals surface area contributed by atoms with Crippen LogP contribution in [0.2, 0.25) is 0 Å². The molecule has 0 saturated carbocycles. The van der Waals surface area contributed by atoms with E-state index in [0.29, 0.717) is 30.4 Å². The molecular weight excluding hydrogens is 410 g/mol. The normalized spacial score (nSPS) is 12.6. The van der Waals surface area contributed by atoms with Crippen LogP contribution in [0, 0.1) is 13.8 Å². The van der Waals surface area contributed by atoms with Crippen LogP contribution in [0.15, 0.2) is 54.6 Å². The maximum atomic E-state index is 12.1. The van der Waals surface area contributed by atoms with E-state index in [1.54, 1.807) is 24.3 Å². The molecule has 32 heavy (non-hydrogen) atoms. The molecule has 0 fully saturated rings. The molecule has 164 valence electrons. The van der Waals surface area contributed by atoms with Gasteiger partial charge in [-0.15, -0.1) is 0 Å². The summed E-state index contributed by atoms with van der Waals surface area (Å²) in [5.41, 5.74) is 3.98. The van der Waals surface area contributed by atoms with Gasteiger partial charge in [0.25, 0.3) is 5.91 Å². The molecule has 0 aliphatic carbocycles. The third-order valence-corrected chi connectivity index (χ3v) is 4.91. The van der Waals surface area contributed by atoms with E-state index in [0.717, 1.165) is 22.6 Å². The number of benzene rings is 2. The summed E-state index contributed by atoms with van der Waals surface area (Å²) in [5, 5.41) is 7.21. The molecule has 1 N–H and O–H groups in total. The summed E-state index contributed by atoms with van der Waals surface area (Å²) in [6.07, 6.45) is 2.95. The van der Waals surface area contributed by atoms with Gasteiger partial charge in [-0.3, -0.25) is 4.79 Å². The molecule has 8 heteroatoms. The summed E-state index contributed by atoms with van der Waals surface area (Å²) < 4.78 is 17.8. The van der Waals surface area contributed by atoms with Crippen LogP contribution in [0.25, 0.3) is 11.8 Å². The Balaban J connectivity index is 1.33. The van der Waals surface area contributed by atoms with Gasteiger partial charge >= 0.3 is 5.97 Å². The fraction of sp³-hybridized carbons (Fsp3) is 0.208. The lowest BCUT2D eigenvalue weighted by molar-refractivity contribution is -0.142. The van der Waals surface area contributed by atoms with Gasteiger partial charge in [-0.25, -0.2) is 9.48 Å². The highest BCUT2D eigenvalue weighted by molar-refractivity contribution is 5.95. The molecule has 1 aliphatic heterocycles. The number of anilines is 1. The van der Waals surface area contributed by atoms with Gasteiger partial charge in [0.05, 0.1) is 11.4 Å². The zero-order valence-electron chi connectivity index (χ0n) is 17.8. The fourth-order valence-corrected chi connectivity index (χ4v) is 3.37. The second-order valence-corrected chi connectivity index (χ2v) is 7.18. The number of hydrogen-bond donors (Lipinski definition) is 1. The number of rotatable bonds is 6. The van der Waals surface area contributed by atoms with Gasteiger partial charge in [0.15, 0.2) is 18.1 Å². The SMILES string of the molecule is Cc1nn(-c2ccccc2)c(C)c1/C=C/C(=O)OCC(=O)Nc1ccc2c(c1)OCCO2. The van der Waals surface area contributed by atoms with E-state index >= 15 is 0 Å². The monoisotopic (exact) mass is 433 g/mol. The maximum absolute atomic E-state index is 12.1. The molecule has 0 saturated heterocycles. The summed E-state index contributed by atoms with van der Waals surface area (Å²) in [7, 11) is 0. The van der Waals surface area contributed by atoms with Crippen LogP contribution >= 0.6 is 0 Å². The summed E-state index contributed by atoms with van der Waals surface area (Å²) in [5.74, 6) is 0.129. The molecule has 2 heterocycles. The van der Waals surface area contributed by atoms with Crippen LogP contribution in [-0.2, 0) is 14.3 Å². The standard InChI is InChI=1S/C24H23N3O5/c1-16-20(17(2)27(26-16)19-6-4-3-5-7-19)9-11-24(29)32-15-23(28)25-18-8-10-21-22(14-18)31-13-12-30-21/h3-11,14H,12-13,15H2,1-2H3,(H,25,28)/b11-9+. The molecule has 8 nitrogen and oxygen atoms in total. The van der Waals surface area contributed by atoms with Crippen LogP contribution < -0.4 is 14.8 Å².